The molecular weight excluding hydrogens is 307 g/mol. The van der Waals surface area contributed by atoms with Crippen molar-refractivity contribution >= 4 is 28.4 Å². The van der Waals surface area contributed by atoms with Crippen molar-refractivity contribution in [2.24, 2.45) is 0 Å². The van der Waals surface area contributed by atoms with Crippen molar-refractivity contribution in [2.75, 3.05) is 18.0 Å². The molecule has 4 nitrogen and oxygen atoms in total. The van der Waals surface area contributed by atoms with E-state index in [2.05, 4.69) is 46.4 Å². The third-order valence-electron chi connectivity index (χ3n) is 5.31. The third-order valence-corrected chi connectivity index (χ3v) is 6.46. The molecule has 128 valence electrons. The van der Waals surface area contributed by atoms with Crippen molar-refractivity contribution in [3.05, 3.63) is 5.69 Å². The summed E-state index contributed by atoms with van der Waals surface area (Å²) in [5, 5.41) is 1.14. The van der Waals surface area contributed by atoms with Crippen molar-refractivity contribution < 1.29 is 9.31 Å². The summed E-state index contributed by atoms with van der Waals surface area (Å²) in [6.45, 7) is 15.1. The maximum absolute atomic E-state index is 6.27. The number of nitrogens with zero attached hydrogens (tertiary/aromatic N) is 2. The lowest BCUT2D eigenvalue weighted by Crippen LogP contribution is -2.41. The monoisotopic (exact) mass is 336 g/mol. The third kappa shape index (κ3) is 3.18. The fourth-order valence-electron chi connectivity index (χ4n) is 3.08. The standard InChI is InChI=1S/C17H29BN2O2S/c1-12(2)13-14(18-21-16(3,4)17(5,6)22-18)23-15(19-13)20-10-8-7-9-11-20/h12H,7-11H2,1-6H3. The molecule has 23 heavy (non-hydrogen) atoms. The van der Waals surface area contributed by atoms with Gasteiger partial charge in [-0.25, -0.2) is 4.98 Å². The van der Waals surface area contributed by atoms with E-state index in [0.717, 1.165) is 28.7 Å². The normalized spacial score (nSPS) is 23.8. The second kappa shape index (κ2) is 6.05. The van der Waals surface area contributed by atoms with Crippen LogP contribution in [-0.4, -0.2) is 36.4 Å². The molecule has 3 rings (SSSR count). The zero-order valence-corrected chi connectivity index (χ0v) is 16.1. The van der Waals surface area contributed by atoms with Gasteiger partial charge in [-0.3, -0.25) is 0 Å². The van der Waals surface area contributed by atoms with Crippen LogP contribution in [0, 0.1) is 0 Å². The summed E-state index contributed by atoms with van der Waals surface area (Å²) in [4.78, 5) is 7.38. The van der Waals surface area contributed by atoms with Crippen LogP contribution >= 0.6 is 11.3 Å². The zero-order valence-electron chi connectivity index (χ0n) is 15.3. The number of hydrogen-bond donors (Lipinski definition) is 0. The van der Waals surface area contributed by atoms with Crippen LogP contribution in [0.4, 0.5) is 5.13 Å². The van der Waals surface area contributed by atoms with E-state index >= 15 is 0 Å². The fourth-order valence-corrected chi connectivity index (χ4v) is 4.32. The van der Waals surface area contributed by atoms with Crippen LogP contribution < -0.4 is 9.68 Å². The van der Waals surface area contributed by atoms with Gasteiger partial charge in [0.15, 0.2) is 5.13 Å². The quantitative estimate of drug-likeness (QED) is 0.791. The minimum absolute atomic E-state index is 0.298. The van der Waals surface area contributed by atoms with Crippen molar-refractivity contribution in [3.63, 3.8) is 0 Å². The predicted molar refractivity (Wildman–Crippen MR) is 98.0 cm³/mol. The SMILES string of the molecule is CC(C)c1nc(N2CCCCC2)sc1B1OC(C)(C)C(C)(C)O1. The van der Waals surface area contributed by atoms with E-state index in [4.69, 9.17) is 14.3 Å². The van der Waals surface area contributed by atoms with Gasteiger partial charge in [0, 0.05) is 13.1 Å². The maximum atomic E-state index is 6.27. The number of aromatic nitrogens is 1. The van der Waals surface area contributed by atoms with Gasteiger partial charge >= 0.3 is 7.12 Å². The van der Waals surface area contributed by atoms with E-state index in [9.17, 15) is 0 Å². The Kier molecular flexibility index (Phi) is 4.53. The van der Waals surface area contributed by atoms with Gasteiger partial charge in [0.2, 0.25) is 0 Å². The van der Waals surface area contributed by atoms with Gasteiger partial charge in [-0.15, -0.1) is 11.3 Å². The highest BCUT2D eigenvalue weighted by molar-refractivity contribution is 7.25. The number of piperidine rings is 1. The molecule has 0 radical (unpaired) electrons. The number of hydrogen-bond acceptors (Lipinski definition) is 5. The summed E-state index contributed by atoms with van der Waals surface area (Å²) in [6.07, 6.45) is 3.87. The van der Waals surface area contributed by atoms with E-state index in [1.165, 1.54) is 19.3 Å². The lowest BCUT2D eigenvalue weighted by Gasteiger charge is -2.32. The molecule has 0 saturated carbocycles. The summed E-state index contributed by atoms with van der Waals surface area (Å²) in [5.41, 5.74) is 0.525. The van der Waals surface area contributed by atoms with E-state index < -0.39 is 0 Å². The van der Waals surface area contributed by atoms with Crippen molar-refractivity contribution in [1.82, 2.24) is 4.98 Å². The van der Waals surface area contributed by atoms with Gasteiger partial charge in [-0.2, -0.15) is 0 Å². The second-order valence-corrected chi connectivity index (χ2v) is 9.05. The molecule has 0 aromatic carbocycles. The van der Waals surface area contributed by atoms with Crippen LogP contribution in [0.25, 0.3) is 0 Å². The Hall–Kier alpha value is -0.585. The van der Waals surface area contributed by atoms with Gasteiger partial charge in [0.1, 0.15) is 0 Å². The molecule has 0 spiro atoms. The molecule has 2 saturated heterocycles. The second-order valence-electron chi connectivity index (χ2n) is 8.04. The van der Waals surface area contributed by atoms with Crippen LogP contribution in [0.3, 0.4) is 0 Å². The van der Waals surface area contributed by atoms with Crippen LogP contribution in [0.15, 0.2) is 0 Å². The molecule has 2 aliphatic heterocycles. The average Bonchev–Trinajstić information content (AvgIpc) is 3.00. The van der Waals surface area contributed by atoms with Crippen LogP contribution in [-0.2, 0) is 9.31 Å². The molecule has 1 aromatic rings. The molecular formula is C17H29BN2O2S. The Morgan fingerprint density at radius 3 is 2.13 bits per heavy atom. The molecule has 1 aromatic heterocycles. The highest BCUT2D eigenvalue weighted by atomic mass is 32.1. The molecule has 6 heteroatoms. The minimum Gasteiger partial charge on any atom is -0.399 e. The first kappa shape index (κ1) is 17.2. The van der Waals surface area contributed by atoms with Crippen molar-refractivity contribution in [1.29, 1.82) is 0 Å². The molecule has 0 aliphatic carbocycles. The van der Waals surface area contributed by atoms with E-state index in [0.29, 0.717) is 5.92 Å². The lowest BCUT2D eigenvalue weighted by atomic mass is 9.84. The molecule has 0 atom stereocenters. The first-order chi connectivity index (χ1) is 10.7. The Morgan fingerprint density at radius 1 is 1.04 bits per heavy atom. The molecule has 3 heterocycles. The number of rotatable bonds is 3. The Bertz CT molecular complexity index is 549. The molecule has 2 aliphatic rings. The average molecular weight is 336 g/mol. The first-order valence-electron chi connectivity index (χ1n) is 8.82. The van der Waals surface area contributed by atoms with Crippen molar-refractivity contribution in [3.8, 4) is 0 Å². The Balaban J connectivity index is 1.91. The van der Waals surface area contributed by atoms with Gasteiger partial charge in [-0.05, 0) is 52.9 Å². The van der Waals surface area contributed by atoms with Crippen LogP contribution in [0.2, 0.25) is 0 Å². The molecule has 0 N–H and O–H groups in total. The number of thiazole rings is 1. The van der Waals surface area contributed by atoms with Crippen molar-refractivity contribution in [2.45, 2.75) is 77.9 Å². The maximum Gasteiger partial charge on any atom is 0.507 e. The predicted octanol–water partition coefficient (Wildman–Crippen LogP) is 3.56. The van der Waals surface area contributed by atoms with E-state index in [1.807, 2.05) is 0 Å². The summed E-state index contributed by atoms with van der Waals surface area (Å²) < 4.78 is 13.7. The minimum atomic E-state index is -0.304. The molecule has 2 fully saturated rings. The largest absolute Gasteiger partial charge is 0.507 e. The topological polar surface area (TPSA) is 34.6 Å². The smallest absolute Gasteiger partial charge is 0.399 e. The van der Waals surface area contributed by atoms with Gasteiger partial charge in [0.25, 0.3) is 0 Å². The van der Waals surface area contributed by atoms with Crippen LogP contribution in [0.1, 0.15) is 72.4 Å². The highest BCUT2D eigenvalue weighted by Gasteiger charge is 2.53. The summed E-state index contributed by atoms with van der Waals surface area (Å²) in [7, 11) is -0.298. The van der Waals surface area contributed by atoms with Gasteiger partial charge in [-0.1, -0.05) is 13.8 Å². The summed E-state index contributed by atoms with van der Waals surface area (Å²) in [5.74, 6) is 0.374. The Morgan fingerprint density at radius 2 is 1.61 bits per heavy atom. The molecule has 0 unspecified atom stereocenters. The zero-order chi connectivity index (χ0) is 16.8. The Labute approximate surface area is 144 Å². The van der Waals surface area contributed by atoms with Gasteiger partial charge in [0.05, 0.1) is 21.7 Å². The van der Waals surface area contributed by atoms with E-state index in [-0.39, 0.29) is 18.3 Å². The molecule has 0 amide bonds. The van der Waals surface area contributed by atoms with Crippen LogP contribution in [0.5, 0.6) is 0 Å². The molecule has 0 bridgehead atoms. The van der Waals surface area contributed by atoms with Gasteiger partial charge < -0.3 is 14.2 Å². The lowest BCUT2D eigenvalue weighted by molar-refractivity contribution is 0.00578. The fraction of sp³-hybridized carbons (Fsp3) is 0.824. The number of anilines is 1. The highest BCUT2D eigenvalue weighted by Crippen LogP contribution is 2.38. The van der Waals surface area contributed by atoms with E-state index in [1.54, 1.807) is 11.3 Å². The first-order valence-corrected chi connectivity index (χ1v) is 9.64. The summed E-state index contributed by atoms with van der Waals surface area (Å²) >= 11 is 1.76. The summed E-state index contributed by atoms with van der Waals surface area (Å²) in [6, 6.07) is 0.